The average Bonchev–Trinajstić information content (AvgIpc) is 2.93. The van der Waals surface area contributed by atoms with Crippen molar-refractivity contribution < 1.29 is 159 Å². The number of aliphatic hydroxyl groups excluding tert-OH is 19. The standard InChI is InChI=1S/C36H60O30.C18H24O2/c37-1-7-25-13(43)19(49)31(55-7)62-26-8(2-38)57-33(21(51)15(26)45)64-28-10(4-40)59-35(23(53)17(28)47)66-30-12(6-42)60-36(24(54)18(30)48)65-29-11(5-41)58-34(22(52)16(29)46)63-27-9(3-39)56-32(61-25)20(50)14(27)44;1-18-9-8-14-13-5-3-12(19)10-11(13)2-4-15(14)16(18)6-7-17(18)20/h7-54H,1-6H2;3,5,10,14-17,19-20H,2,4,6-9H2,1H3/t7-,8-,9-,10-,11-,12-,13?,14?,15?,16?,17?,18?,19?,20?,21?,22?,23?,24?,25-,26-,27-,28-,29-,30?,31-,32-,33-,34-,35?,36-;14-,15-,16+,17+,18+/m11/s1. The lowest BCUT2D eigenvalue weighted by atomic mass is 9.55. The third-order valence-electron chi connectivity index (χ3n) is 19.3. The zero-order valence-electron chi connectivity index (χ0n) is 46.7. The number of rotatable bonds is 6. The number of aromatic hydroxyl groups is 1. The van der Waals surface area contributed by atoms with Crippen LogP contribution in [0, 0.1) is 17.3 Å². The Morgan fingerprint density at radius 1 is 0.372 bits per heavy atom. The Kier molecular flexibility index (Phi) is 21.4. The fraction of sp³-hybridized carbons (Fsp3) is 0.889. The fourth-order valence-corrected chi connectivity index (χ4v) is 14.5. The van der Waals surface area contributed by atoms with E-state index in [-0.39, 0.29) is 11.5 Å². The molecule has 32 nitrogen and oxygen atoms in total. The molecule has 32 heteroatoms. The van der Waals surface area contributed by atoms with Crippen molar-refractivity contribution in [3.63, 3.8) is 0 Å². The van der Waals surface area contributed by atoms with Gasteiger partial charge < -0.3 is 159 Å². The van der Waals surface area contributed by atoms with E-state index in [1.165, 1.54) is 30.4 Å². The van der Waals surface area contributed by atoms with Gasteiger partial charge in [0.15, 0.2) is 37.7 Å². The van der Waals surface area contributed by atoms with Crippen LogP contribution < -0.4 is 0 Å². The maximum absolute atomic E-state index is 11.2. The van der Waals surface area contributed by atoms with E-state index in [4.69, 9.17) is 56.8 Å². The summed E-state index contributed by atoms with van der Waals surface area (Å²) >= 11 is 0. The Morgan fingerprint density at radius 2 is 0.663 bits per heavy atom. The third kappa shape index (κ3) is 12.5. The zero-order valence-corrected chi connectivity index (χ0v) is 46.7. The van der Waals surface area contributed by atoms with Crippen molar-refractivity contribution >= 4 is 0 Å². The average molecular weight is 1250 g/mol. The summed E-state index contributed by atoms with van der Waals surface area (Å²) in [4.78, 5) is 0. The Morgan fingerprint density at radius 3 is 0.942 bits per heavy atom. The van der Waals surface area contributed by atoms with Crippen LogP contribution in [0.15, 0.2) is 18.2 Å². The molecule has 0 amide bonds. The number of aryl methyl sites for hydroxylation is 1. The van der Waals surface area contributed by atoms with E-state index in [9.17, 15) is 102 Å². The van der Waals surface area contributed by atoms with Gasteiger partial charge >= 0.3 is 0 Å². The largest absolute Gasteiger partial charge is 0.508 e. The molecule has 22 heterocycles. The molecule has 1 aromatic rings. The van der Waals surface area contributed by atoms with Crippen molar-refractivity contribution in [2.45, 2.75) is 242 Å². The maximum Gasteiger partial charge on any atom is 0.187 e. The van der Waals surface area contributed by atoms with E-state index in [1.54, 1.807) is 0 Å². The van der Waals surface area contributed by atoms with Crippen LogP contribution in [0.4, 0.5) is 0 Å². The van der Waals surface area contributed by atoms with Crippen LogP contribution >= 0.6 is 0 Å². The van der Waals surface area contributed by atoms with Gasteiger partial charge in [0.25, 0.3) is 0 Å². The van der Waals surface area contributed by atoms with Crippen molar-refractivity contribution in [3.8, 4) is 5.75 Å². The first-order chi connectivity index (χ1) is 41.0. The van der Waals surface area contributed by atoms with Gasteiger partial charge in [0.1, 0.15) is 152 Å². The van der Waals surface area contributed by atoms with Gasteiger partial charge in [-0.1, -0.05) is 13.0 Å². The smallest absolute Gasteiger partial charge is 0.187 e. The van der Waals surface area contributed by atoms with Crippen LogP contribution in [-0.2, 0) is 63.3 Å². The summed E-state index contributed by atoms with van der Waals surface area (Å²) in [6.45, 7) is -3.68. The van der Waals surface area contributed by atoms with Crippen LogP contribution in [-0.4, -0.2) is 332 Å². The molecular weight excluding hydrogens is 1160 g/mol. The number of phenolic OH excluding ortho intramolecular Hbond substituents is 1. The van der Waals surface area contributed by atoms with Crippen molar-refractivity contribution in [1.82, 2.24) is 0 Å². The normalized spacial score (nSPS) is 52.4. The van der Waals surface area contributed by atoms with Crippen LogP contribution in [0.25, 0.3) is 0 Å². The quantitative estimate of drug-likeness (QED) is 0.126. The summed E-state index contributed by atoms with van der Waals surface area (Å²) in [6, 6.07) is 5.96. The minimum atomic E-state index is -2.15. The van der Waals surface area contributed by atoms with E-state index in [1.807, 2.05) is 12.1 Å². The molecule has 1 aromatic carbocycles. The van der Waals surface area contributed by atoms with Gasteiger partial charge in [0, 0.05) is 0 Å². The molecule has 22 aliphatic heterocycles. The molecule has 26 rings (SSSR count). The van der Waals surface area contributed by atoms with Crippen LogP contribution in [0.2, 0.25) is 0 Å². The Balaban J connectivity index is 0.000000341. The molecule has 0 aromatic heterocycles. The molecule has 86 heavy (non-hydrogen) atoms. The molecule has 492 valence electrons. The van der Waals surface area contributed by atoms with E-state index < -0.39 is 224 Å². The molecular formula is C54H84O32. The van der Waals surface area contributed by atoms with Crippen LogP contribution in [0.1, 0.15) is 56.1 Å². The molecule has 2 saturated carbocycles. The van der Waals surface area contributed by atoms with Crippen molar-refractivity contribution in [2.24, 2.45) is 17.3 Å². The number of hydrogen-bond acceptors (Lipinski definition) is 32. The second kappa shape index (κ2) is 27.5. The van der Waals surface area contributed by atoms with Crippen molar-refractivity contribution in [1.29, 1.82) is 0 Å². The number of aliphatic hydroxyl groups is 19. The lowest BCUT2D eigenvalue weighted by Gasteiger charge is -2.50. The Labute approximate surface area is 491 Å². The Hall–Kier alpha value is -2.22. The molecule has 20 N–H and O–H groups in total. The predicted octanol–water partition coefficient (Wildman–Crippen LogP) is -9.45. The van der Waals surface area contributed by atoms with Gasteiger partial charge in [-0.3, -0.25) is 0 Å². The molecule has 25 aliphatic rings. The highest BCUT2D eigenvalue weighted by atomic mass is 16.8. The van der Waals surface area contributed by atoms with Gasteiger partial charge in [0.2, 0.25) is 0 Å². The van der Waals surface area contributed by atoms with Gasteiger partial charge in [-0.2, -0.15) is 0 Å². The first-order valence-electron chi connectivity index (χ1n) is 29.2. The SMILES string of the molecule is C[C@]12CC[C@@H]3c4ccc(O)cc4CC[C@H]3[C@@H]1CC[C@@H]2O.OC[C@H]1O[C@@H]2O[C@H]3C(O)C(O)[C@H](O[C@@H]3CO)O[C@H]3C(O)C(O)[C@H](O[C@@H]3CO)O[C@H]3C(O)C(O)[C@H](O[C@@H]3CO)O[C@H]3C(O)C(O)[C@H](O[C@@H]3CO)O[C@H]3C(O)C(O)C(OC1C(O)C2O)O[C@@H]3CO. The summed E-state index contributed by atoms with van der Waals surface area (Å²) in [5.74, 6) is 2.49. The summed E-state index contributed by atoms with van der Waals surface area (Å²) < 4.78 is 67.9. The van der Waals surface area contributed by atoms with E-state index in [0.717, 1.165) is 25.2 Å². The van der Waals surface area contributed by atoms with Crippen molar-refractivity contribution in [2.75, 3.05) is 39.6 Å². The molecule has 35 atom stereocenters. The van der Waals surface area contributed by atoms with Gasteiger partial charge in [-0.25, -0.2) is 0 Å². The molecule has 0 spiro atoms. The highest BCUT2D eigenvalue weighted by Gasteiger charge is 2.60. The van der Waals surface area contributed by atoms with Crippen molar-refractivity contribution in [3.05, 3.63) is 29.3 Å². The topological polar surface area (TPSA) is 515 Å². The zero-order chi connectivity index (χ0) is 62.0. The molecule has 14 unspecified atom stereocenters. The van der Waals surface area contributed by atoms with Crippen LogP contribution in [0.3, 0.4) is 0 Å². The van der Waals surface area contributed by atoms with E-state index >= 15 is 0 Å². The first-order valence-corrected chi connectivity index (χ1v) is 29.2. The van der Waals surface area contributed by atoms with Gasteiger partial charge in [-0.05, 0) is 85.0 Å². The number of ether oxygens (including phenoxy) is 12. The van der Waals surface area contributed by atoms with E-state index in [2.05, 4.69) is 13.0 Å². The fourth-order valence-electron chi connectivity index (χ4n) is 14.5. The van der Waals surface area contributed by atoms with Crippen LogP contribution in [0.5, 0.6) is 5.75 Å². The predicted molar refractivity (Wildman–Crippen MR) is 275 cm³/mol. The molecule has 3 aliphatic carbocycles. The molecule has 0 radical (unpaired) electrons. The second-order valence-electron chi connectivity index (χ2n) is 24.3. The second-order valence-corrected chi connectivity index (χ2v) is 24.3. The highest BCUT2D eigenvalue weighted by molar-refractivity contribution is 5.40. The van der Waals surface area contributed by atoms with Gasteiger partial charge in [-0.15, -0.1) is 0 Å². The minimum absolute atomic E-state index is 0.0883. The van der Waals surface area contributed by atoms with E-state index in [0.29, 0.717) is 17.6 Å². The Bertz CT molecular complexity index is 2060. The lowest BCUT2D eigenvalue weighted by molar-refractivity contribution is -0.404. The third-order valence-corrected chi connectivity index (χ3v) is 19.3. The number of phenols is 1. The molecule has 24 fully saturated rings. The summed E-state index contributed by atoms with van der Waals surface area (Å²) in [5, 5.41) is 216. The number of hydrogen-bond donors (Lipinski definition) is 20. The summed E-state index contributed by atoms with van der Waals surface area (Å²) in [7, 11) is 0. The maximum atomic E-state index is 11.2. The number of fused-ring (bicyclic) bond motifs is 5. The summed E-state index contributed by atoms with van der Waals surface area (Å²) in [5.41, 5.74) is 2.99. The first kappa shape index (κ1) is 66.7. The molecule has 12 bridgehead atoms. The minimum Gasteiger partial charge on any atom is -0.508 e. The van der Waals surface area contributed by atoms with Gasteiger partial charge in [0.05, 0.1) is 45.7 Å². The lowest BCUT2D eigenvalue weighted by Crippen LogP contribution is -2.69. The highest BCUT2D eigenvalue weighted by Crippen LogP contribution is 2.61. The number of benzene rings is 1. The molecule has 22 saturated heterocycles. The summed E-state index contributed by atoms with van der Waals surface area (Å²) in [6.07, 6.45) is -51.7. The monoisotopic (exact) mass is 1240 g/mol.